The van der Waals surface area contributed by atoms with Crippen LogP contribution in [0.1, 0.15) is 44.6 Å². The highest BCUT2D eigenvalue weighted by molar-refractivity contribution is 7.89. The number of amides is 1. The maximum Gasteiger partial charge on any atom is 0.243 e. The molecule has 2 unspecified atom stereocenters. The Morgan fingerprint density at radius 1 is 1.09 bits per heavy atom. The van der Waals surface area contributed by atoms with Gasteiger partial charge in [-0.05, 0) is 42.9 Å². The van der Waals surface area contributed by atoms with Gasteiger partial charge in [0.25, 0.3) is 0 Å². The van der Waals surface area contributed by atoms with Crippen LogP contribution < -0.4 is 4.90 Å². The molecule has 0 N–H and O–H groups in total. The lowest BCUT2D eigenvalue weighted by Gasteiger charge is -2.38. The van der Waals surface area contributed by atoms with Gasteiger partial charge in [-0.25, -0.2) is 13.4 Å². The van der Waals surface area contributed by atoms with E-state index >= 15 is 0 Å². The minimum atomic E-state index is -3.56. The van der Waals surface area contributed by atoms with E-state index in [1.807, 2.05) is 17.0 Å². The van der Waals surface area contributed by atoms with E-state index in [0.29, 0.717) is 43.5 Å². The molecular weight excluding hydrogens is 438 g/mol. The van der Waals surface area contributed by atoms with Gasteiger partial charge >= 0.3 is 0 Å². The zero-order chi connectivity index (χ0) is 23.4. The van der Waals surface area contributed by atoms with Crippen LogP contribution in [0.4, 0.5) is 5.82 Å². The SMILES string of the molecule is CCC(C)c1ccc(S(=O)(=O)N2CCN(C(=O)C3CCCN(c4cnccn4)C3)CC2)cc1. The maximum atomic E-state index is 13.2. The summed E-state index contributed by atoms with van der Waals surface area (Å²) in [7, 11) is -3.56. The first kappa shape index (κ1) is 23.6. The number of piperidine rings is 1. The van der Waals surface area contributed by atoms with E-state index in [4.69, 9.17) is 0 Å². The molecule has 2 aliphatic heterocycles. The molecule has 2 atom stereocenters. The van der Waals surface area contributed by atoms with Crippen molar-refractivity contribution in [1.82, 2.24) is 19.2 Å². The second-order valence-electron chi connectivity index (χ2n) is 8.96. The smallest absolute Gasteiger partial charge is 0.243 e. The van der Waals surface area contributed by atoms with Crippen LogP contribution in [0.3, 0.4) is 0 Å². The highest BCUT2D eigenvalue weighted by Crippen LogP contribution is 2.25. The zero-order valence-corrected chi connectivity index (χ0v) is 20.2. The van der Waals surface area contributed by atoms with E-state index in [0.717, 1.165) is 37.2 Å². The highest BCUT2D eigenvalue weighted by atomic mass is 32.2. The molecule has 0 spiro atoms. The first-order valence-corrected chi connectivity index (χ1v) is 13.2. The van der Waals surface area contributed by atoms with Gasteiger partial charge in [0.1, 0.15) is 5.82 Å². The zero-order valence-electron chi connectivity index (χ0n) is 19.4. The van der Waals surface area contributed by atoms with Crippen molar-refractivity contribution in [2.75, 3.05) is 44.2 Å². The Morgan fingerprint density at radius 2 is 1.82 bits per heavy atom. The number of carbonyl (C=O) groups is 1. The van der Waals surface area contributed by atoms with E-state index in [1.54, 1.807) is 30.7 Å². The number of hydrogen-bond acceptors (Lipinski definition) is 6. The van der Waals surface area contributed by atoms with E-state index in [2.05, 4.69) is 28.7 Å². The molecule has 8 nitrogen and oxygen atoms in total. The van der Waals surface area contributed by atoms with Gasteiger partial charge in [-0.3, -0.25) is 9.78 Å². The van der Waals surface area contributed by atoms with Gasteiger partial charge in [-0.1, -0.05) is 26.0 Å². The molecule has 3 heterocycles. The summed E-state index contributed by atoms with van der Waals surface area (Å²) in [5.41, 5.74) is 1.15. The summed E-state index contributed by atoms with van der Waals surface area (Å²) < 4.78 is 27.7. The average Bonchev–Trinajstić information content (AvgIpc) is 2.88. The van der Waals surface area contributed by atoms with Crippen molar-refractivity contribution < 1.29 is 13.2 Å². The van der Waals surface area contributed by atoms with Gasteiger partial charge in [-0.2, -0.15) is 4.31 Å². The first-order chi connectivity index (χ1) is 15.9. The van der Waals surface area contributed by atoms with E-state index < -0.39 is 10.0 Å². The topological polar surface area (TPSA) is 86.7 Å². The third kappa shape index (κ3) is 5.19. The largest absolute Gasteiger partial charge is 0.355 e. The van der Waals surface area contributed by atoms with Gasteiger partial charge < -0.3 is 9.80 Å². The molecule has 1 amide bonds. The lowest BCUT2D eigenvalue weighted by Crippen LogP contribution is -2.53. The summed E-state index contributed by atoms with van der Waals surface area (Å²) in [6.45, 7) is 7.23. The normalized spacial score (nSPS) is 21.1. The molecule has 0 bridgehead atoms. The Bertz CT molecular complexity index is 1040. The van der Waals surface area contributed by atoms with E-state index in [9.17, 15) is 13.2 Å². The van der Waals surface area contributed by atoms with Crippen molar-refractivity contribution in [2.24, 2.45) is 5.92 Å². The van der Waals surface area contributed by atoms with Crippen molar-refractivity contribution in [3.8, 4) is 0 Å². The van der Waals surface area contributed by atoms with Gasteiger partial charge in [0.15, 0.2) is 0 Å². The fourth-order valence-corrected chi connectivity index (χ4v) is 6.02. The van der Waals surface area contributed by atoms with Crippen molar-refractivity contribution in [3.05, 3.63) is 48.4 Å². The van der Waals surface area contributed by atoms with Crippen LogP contribution in [-0.4, -0.2) is 72.8 Å². The molecule has 0 aliphatic carbocycles. The second kappa shape index (κ2) is 10.2. The van der Waals surface area contributed by atoms with E-state index in [1.165, 1.54) is 4.31 Å². The first-order valence-electron chi connectivity index (χ1n) is 11.8. The predicted molar refractivity (Wildman–Crippen MR) is 127 cm³/mol. The Hall–Kier alpha value is -2.52. The highest BCUT2D eigenvalue weighted by Gasteiger charge is 2.34. The summed E-state index contributed by atoms with van der Waals surface area (Å²) in [5.74, 6) is 1.21. The number of carbonyl (C=O) groups excluding carboxylic acids is 1. The number of nitrogens with zero attached hydrogens (tertiary/aromatic N) is 5. The van der Waals surface area contributed by atoms with Crippen LogP contribution in [0, 0.1) is 5.92 Å². The molecule has 0 radical (unpaired) electrons. The molecule has 9 heteroatoms. The monoisotopic (exact) mass is 471 g/mol. The van der Waals surface area contributed by atoms with Crippen LogP contribution in [0.2, 0.25) is 0 Å². The predicted octanol–water partition coefficient (Wildman–Crippen LogP) is 2.74. The third-order valence-electron chi connectivity index (χ3n) is 6.89. The number of hydrogen-bond donors (Lipinski definition) is 0. The quantitative estimate of drug-likeness (QED) is 0.644. The Morgan fingerprint density at radius 3 is 2.45 bits per heavy atom. The molecule has 178 valence electrons. The summed E-state index contributed by atoms with van der Waals surface area (Å²) in [6.07, 6.45) is 7.82. The van der Waals surface area contributed by atoms with Gasteiger partial charge in [-0.15, -0.1) is 0 Å². The van der Waals surface area contributed by atoms with E-state index in [-0.39, 0.29) is 11.8 Å². The lowest BCUT2D eigenvalue weighted by atomic mass is 9.96. The minimum absolute atomic E-state index is 0.1000. The molecule has 1 aromatic heterocycles. The number of aromatic nitrogens is 2. The minimum Gasteiger partial charge on any atom is -0.355 e. The third-order valence-corrected chi connectivity index (χ3v) is 8.81. The Kier molecular flexibility index (Phi) is 7.29. The van der Waals surface area contributed by atoms with Crippen molar-refractivity contribution in [2.45, 2.75) is 43.9 Å². The van der Waals surface area contributed by atoms with Gasteiger partial charge in [0, 0.05) is 51.7 Å². The van der Waals surface area contributed by atoms with Crippen LogP contribution in [0.25, 0.3) is 0 Å². The summed E-state index contributed by atoms with van der Waals surface area (Å²) in [5, 5.41) is 0. The molecule has 0 saturated carbocycles. The van der Waals surface area contributed by atoms with Gasteiger partial charge in [0.2, 0.25) is 15.9 Å². The summed E-state index contributed by atoms with van der Waals surface area (Å²) >= 11 is 0. The molecular formula is C24H33N5O3S. The van der Waals surface area contributed by atoms with Crippen molar-refractivity contribution in [3.63, 3.8) is 0 Å². The van der Waals surface area contributed by atoms with Crippen LogP contribution in [0.5, 0.6) is 0 Å². The fraction of sp³-hybridized carbons (Fsp3) is 0.542. The molecule has 2 saturated heterocycles. The molecule has 2 fully saturated rings. The van der Waals surface area contributed by atoms with Crippen LogP contribution in [0.15, 0.2) is 47.8 Å². The summed E-state index contributed by atoms with van der Waals surface area (Å²) in [6, 6.07) is 7.23. The van der Waals surface area contributed by atoms with Crippen molar-refractivity contribution in [1.29, 1.82) is 0 Å². The number of piperazine rings is 1. The number of anilines is 1. The Labute approximate surface area is 196 Å². The molecule has 4 rings (SSSR count). The fourth-order valence-electron chi connectivity index (χ4n) is 4.60. The van der Waals surface area contributed by atoms with Gasteiger partial charge in [0.05, 0.1) is 17.0 Å². The summed E-state index contributed by atoms with van der Waals surface area (Å²) in [4.78, 5) is 25.9. The number of sulfonamides is 1. The Balaban J connectivity index is 1.35. The van der Waals surface area contributed by atoms with Crippen molar-refractivity contribution >= 4 is 21.7 Å². The standard InChI is InChI=1S/C24H33N5O3S/c1-3-19(2)20-6-8-22(9-7-20)33(31,32)29-15-13-27(14-16-29)24(30)21-5-4-12-28(18-21)23-17-25-10-11-26-23/h6-11,17,19,21H,3-5,12-16,18H2,1-2H3. The molecule has 2 aromatic rings. The molecule has 33 heavy (non-hydrogen) atoms. The van der Waals surface area contributed by atoms with Crippen LogP contribution in [-0.2, 0) is 14.8 Å². The molecule has 1 aromatic carbocycles. The van der Waals surface area contributed by atoms with Crippen LogP contribution >= 0.6 is 0 Å². The molecule has 2 aliphatic rings. The average molecular weight is 472 g/mol. The number of rotatable bonds is 6. The lowest BCUT2D eigenvalue weighted by molar-refractivity contribution is -0.137. The maximum absolute atomic E-state index is 13.2. The number of benzene rings is 1. The second-order valence-corrected chi connectivity index (χ2v) is 10.9.